The summed E-state index contributed by atoms with van der Waals surface area (Å²) < 4.78 is 0. The number of halogens is 8. The third-order valence-corrected chi connectivity index (χ3v) is 24.3. The zero-order chi connectivity index (χ0) is 85.7. The SMILES string of the molecule is CN1CCC(C)(C(=O)O)CC1.CN1CCC(C)(C(N)=O)CC1.CN1CCC(C)(C(N)=O)CC1.CN1CCC(C)(CNC(=O)c2ccc(Cl)cc2)CC1.Cl.Cl.Clc1ncnc2[nH]ccc12.NC1(CNC(=O)c2ccc(Cl)cc2)CCN(c2ncnc3[nH]ccc23)CC1.NC1(CNC(=O)c2ccc(Cl)cc2)CCNCC1.O=C(Cl)c1ccc(Cl)cc1. The lowest BCUT2D eigenvalue weighted by Crippen LogP contribution is -2.56. The Hall–Kier alpha value is -7.55. The molecular weight excluding hydrogens is 1690 g/mol. The number of fused-ring (bicyclic) bond motifs is 2. The van der Waals surface area contributed by atoms with Crippen LogP contribution in [0.2, 0.25) is 25.2 Å². The Labute approximate surface area is 740 Å². The Morgan fingerprint density at radius 2 is 0.739 bits per heavy atom. The summed E-state index contributed by atoms with van der Waals surface area (Å²) in [5, 5.41) is 25.4. The number of likely N-dealkylation sites (tertiary alicyclic amines) is 4. The van der Waals surface area contributed by atoms with Crippen molar-refractivity contribution in [1.82, 2.24) is 70.8 Å². The standard InChI is InChI=1S/C19H21ClN6O.C15H21ClN2O.C13H18ClN3O.2C8H16N2O.C8H15NO2.C7H4Cl2O.C6H4ClN3.2ClH/c20-14-3-1-13(2-4-14)18(27)23-11-19(21)6-9-26(10-7-19)17-15-5-8-22-16(15)24-12-25-17;1-15(7-9-18(2)10-8-15)11-17-14(19)12-3-5-13(16)6-4-12;14-11-3-1-10(2-4-11)12(18)17-9-13(15)5-7-16-8-6-13;2*1-8(7(9)11)3-5-10(2)6-4-8;1-8(7(10)11)3-5-9(2)6-4-8;8-6-3-1-5(2-4-6)7(9)10;7-5-4-1-2-8-6(4)10-3-9-5;;/h1-5,8,12H,6-7,9-11,21H2,(H,23,27)(H,22,24,25);3-6H,7-11H2,1-2H3,(H,17,19);1-4,16H,5-9,15H2,(H,17,18);2*3-6H2,1-2H3,(H2,9,11);3-6H2,1-2H3,(H,10,11);1-4H;1-3H,(H,8,9,10);2*1H. The van der Waals surface area contributed by atoms with Crippen LogP contribution in [0.3, 0.4) is 0 Å². The van der Waals surface area contributed by atoms with E-state index in [1.165, 1.54) is 6.33 Å². The molecule has 0 saturated carbocycles. The number of nitrogens with zero attached hydrogens (tertiary/aromatic N) is 9. The molecule has 4 aromatic carbocycles. The van der Waals surface area contributed by atoms with Crippen LogP contribution in [0, 0.1) is 21.7 Å². The topological polar surface area (TPSA) is 391 Å². The second-order valence-corrected chi connectivity index (χ2v) is 34.8. The number of hydrogen-bond donors (Lipinski definition) is 11. The number of anilines is 1. The summed E-state index contributed by atoms with van der Waals surface area (Å²) in [6.07, 6.45) is 17.4. The maximum atomic E-state index is 12.3. The Morgan fingerprint density at radius 3 is 1.09 bits per heavy atom. The number of hydrogen-bond acceptors (Lipinski definition) is 19. The van der Waals surface area contributed by atoms with Crippen molar-refractivity contribution in [3.63, 3.8) is 0 Å². The van der Waals surface area contributed by atoms with Crippen molar-refractivity contribution in [1.29, 1.82) is 0 Å². The molecule has 15 N–H and O–H groups in total. The Bertz CT molecular complexity index is 4390. The van der Waals surface area contributed by atoms with Gasteiger partial charge in [-0.3, -0.25) is 33.6 Å². The van der Waals surface area contributed by atoms with Crippen LogP contribution in [0.5, 0.6) is 0 Å². The zero-order valence-corrected chi connectivity index (χ0v) is 75.2. The predicted molar refractivity (Wildman–Crippen MR) is 483 cm³/mol. The normalized spacial score (nSPS) is 18.1. The van der Waals surface area contributed by atoms with Crippen molar-refractivity contribution in [2.75, 3.05) is 131 Å². The van der Waals surface area contributed by atoms with Gasteiger partial charge in [-0.1, -0.05) is 78.8 Å². The van der Waals surface area contributed by atoms with Gasteiger partial charge in [-0.05, 0) is 304 Å². The molecule has 5 amide bonds. The molecule has 4 aromatic heterocycles. The first-order chi connectivity index (χ1) is 55.3. The molecule has 0 radical (unpaired) electrons. The molecule has 0 atom stereocenters. The summed E-state index contributed by atoms with van der Waals surface area (Å²) in [5.41, 5.74) is 25.8. The third kappa shape index (κ3) is 33.0. The van der Waals surface area contributed by atoms with E-state index in [4.69, 9.17) is 97.6 Å². The van der Waals surface area contributed by atoms with Crippen LogP contribution in [-0.2, 0) is 14.4 Å². The number of H-pyrrole nitrogens is 2. The van der Waals surface area contributed by atoms with Gasteiger partial charge in [0.1, 0.15) is 34.9 Å². The number of aromatic amines is 2. The second kappa shape index (κ2) is 48.3. The van der Waals surface area contributed by atoms with Crippen LogP contribution in [-0.4, -0.2) is 233 Å². The predicted octanol–water partition coefficient (Wildman–Crippen LogP) is 12.7. The summed E-state index contributed by atoms with van der Waals surface area (Å²) >= 11 is 33.9. The fourth-order valence-corrected chi connectivity index (χ4v) is 14.1. The highest BCUT2D eigenvalue weighted by Crippen LogP contribution is 2.34. The number of primary amides is 2. The number of carboxylic acid groups (broad SMARTS) is 1. The average Bonchev–Trinajstić information content (AvgIpc) is 1.72. The molecule has 0 bridgehead atoms. The number of rotatable bonds is 14. The van der Waals surface area contributed by atoms with E-state index in [1.807, 2.05) is 46.1 Å². The number of nitrogens with two attached hydrogens (primary N) is 4. The number of carbonyl (C=O) groups excluding carboxylic acids is 6. The lowest BCUT2D eigenvalue weighted by molar-refractivity contribution is -0.150. The molecule has 0 aliphatic carbocycles. The van der Waals surface area contributed by atoms with Crippen molar-refractivity contribution in [3.05, 3.63) is 182 Å². The van der Waals surface area contributed by atoms with E-state index in [0.717, 1.165) is 190 Å². The summed E-state index contributed by atoms with van der Waals surface area (Å²) in [6, 6.07) is 30.9. The molecule has 6 saturated heterocycles. The molecule has 35 heteroatoms. The average molecular weight is 1800 g/mol. The van der Waals surface area contributed by atoms with E-state index in [2.05, 4.69) is 104 Å². The highest BCUT2D eigenvalue weighted by Gasteiger charge is 2.38. The van der Waals surface area contributed by atoms with Crippen molar-refractivity contribution in [2.45, 2.75) is 116 Å². The summed E-state index contributed by atoms with van der Waals surface area (Å²) in [5.74, 6) is -0.272. The molecule has 0 unspecified atom stereocenters. The minimum absolute atomic E-state index is 0. The fourth-order valence-electron chi connectivity index (χ4n) is 13.3. The number of benzene rings is 4. The number of aliphatic carboxylic acids is 1. The van der Waals surface area contributed by atoms with Gasteiger partial charge in [0, 0.05) is 109 Å². The molecule has 8 aromatic rings. The molecule has 27 nitrogen and oxygen atoms in total. The molecule has 6 aliphatic heterocycles. The first-order valence-electron chi connectivity index (χ1n) is 39.2. The fraction of sp³-hybridized carbons (Fsp3) is 0.488. The van der Waals surface area contributed by atoms with Crippen LogP contribution < -0.4 is 49.1 Å². The monoisotopic (exact) mass is 1800 g/mol. The van der Waals surface area contributed by atoms with E-state index < -0.39 is 22.2 Å². The maximum Gasteiger partial charge on any atom is 0.309 e. The molecule has 14 rings (SSSR count). The first kappa shape index (κ1) is 102. The van der Waals surface area contributed by atoms with Gasteiger partial charge in [0.05, 0.1) is 16.2 Å². The molecule has 0 spiro atoms. The molecule has 119 heavy (non-hydrogen) atoms. The van der Waals surface area contributed by atoms with Gasteiger partial charge < -0.3 is 83.8 Å². The number of nitrogens with one attached hydrogen (secondary N) is 6. The van der Waals surface area contributed by atoms with E-state index in [1.54, 1.807) is 110 Å². The number of amides is 5. The van der Waals surface area contributed by atoms with Gasteiger partial charge >= 0.3 is 5.97 Å². The molecule has 10 heterocycles. The summed E-state index contributed by atoms with van der Waals surface area (Å²) in [6.45, 7) is 21.0. The number of aromatic nitrogens is 6. The van der Waals surface area contributed by atoms with Crippen LogP contribution >= 0.6 is 94.4 Å². The number of carboxylic acids is 1. The number of piperidine rings is 6. The highest BCUT2D eigenvalue weighted by atomic mass is 35.5. The lowest BCUT2D eigenvalue weighted by Gasteiger charge is -2.39. The van der Waals surface area contributed by atoms with E-state index in [0.29, 0.717) is 60.6 Å². The highest BCUT2D eigenvalue weighted by molar-refractivity contribution is 6.67. The molecule has 6 fully saturated rings. The quantitative estimate of drug-likeness (QED) is 0.0356. The largest absolute Gasteiger partial charge is 0.481 e. The molecule has 6 aliphatic rings. The smallest absolute Gasteiger partial charge is 0.309 e. The van der Waals surface area contributed by atoms with Crippen molar-refractivity contribution >= 4 is 163 Å². The van der Waals surface area contributed by atoms with Crippen LogP contribution in [0.15, 0.2) is 134 Å². The van der Waals surface area contributed by atoms with E-state index in [-0.39, 0.29) is 76.1 Å². The summed E-state index contributed by atoms with van der Waals surface area (Å²) in [4.78, 5) is 113. The summed E-state index contributed by atoms with van der Waals surface area (Å²) in [7, 11) is 8.31. The van der Waals surface area contributed by atoms with Crippen molar-refractivity contribution in [3.8, 4) is 0 Å². The first-order valence-corrected chi connectivity index (χ1v) is 41.5. The minimum Gasteiger partial charge on any atom is -0.481 e. The van der Waals surface area contributed by atoms with E-state index >= 15 is 0 Å². The van der Waals surface area contributed by atoms with Crippen LogP contribution in [0.4, 0.5) is 5.82 Å². The van der Waals surface area contributed by atoms with Gasteiger partial charge in [-0.15, -0.1) is 24.8 Å². The van der Waals surface area contributed by atoms with Crippen LogP contribution in [0.25, 0.3) is 22.1 Å². The minimum atomic E-state index is -0.648. The van der Waals surface area contributed by atoms with Gasteiger partial charge in [-0.2, -0.15) is 0 Å². The molecular formula is C84H117Cl8N19O8. The Morgan fingerprint density at radius 1 is 0.420 bits per heavy atom. The molecule has 652 valence electrons. The third-order valence-electron chi connectivity index (χ3n) is 22.7. The van der Waals surface area contributed by atoms with E-state index in [9.17, 15) is 33.6 Å². The second-order valence-electron chi connectivity index (χ2n) is 32.4. The Kier molecular flexibility index (Phi) is 41.4. The Balaban J connectivity index is 0.000000249. The van der Waals surface area contributed by atoms with Gasteiger partial charge in [0.2, 0.25) is 11.8 Å². The number of carbonyl (C=O) groups is 7. The van der Waals surface area contributed by atoms with Crippen LogP contribution in [0.1, 0.15) is 146 Å². The van der Waals surface area contributed by atoms with Crippen molar-refractivity contribution in [2.24, 2.45) is 44.6 Å². The van der Waals surface area contributed by atoms with Gasteiger partial charge in [0.25, 0.3) is 23.0 Å². The van der Waals surface area contributed by atoms with Gasteiger partial charge in [-0.25, -0.2) is 19.9 Å². The maximum absolute atomic E-state index is 12.3. The zero-order valence-electron chi connectivity index (χ0n) is 69.0. The lowest BCUT2D eigenvalue weighted by atomic mass is 9.80. The van der Waals surface area contributed by atoms with Gasteiger partial charge in [0.15, 0.2) is 0 Å². The van der Waals surface area contributed by atoms with Crippen molar-refractivity contribution < 1.29 is 38.7 Å².